The molecule has 1 saturated carbocycles. The molecule has 0 aliphatic heterocycles. The first-order valence-electron chi connectivity index (χ1n) is 5.83. The fraction of sp³-hybridized carbons (Fsp3) is 1.00. The Morgan fingerprint density at radius 1 is 1.36 bits per heavy atom. The Morgan fingerprint density at radius 2 is 2.00 bits per heavy atom. The van der Waals surface area contributed by atoms with Crippen molar-refractivity contribution in [3.63, 3.8) is 0 Å². The highest BCUT2D eigenvalue weighted by molar-refractivity contribution is 4.93. The molecule has 1 fully saturated rings. The first-order valence-corrected chi connectivity index (χ1v) is 5.83. The molecule has 3 atom stereocenters. The van der Waals surface area contributed by atoms with Crippen molar-refractivity contribution in [2.24, 2.45) is 17.8 Å². The van der Waals surface area contributed by atoms with Crippen LogP contribution < -0.4 is 0 Å². The molecule has 0 aromatic carbocycles. The maximum absolute atomic E-state index is 10.5. The second-order valence-corrected chi connectivity index (χ2v) is 5.31. The molecule has 0 aromatic rings. The van der Waals surface area contributed by atoms with Crippen LogP contribution in [-0.2, 0) is 0 Å². The Bertz CT molecular complexity index is 179. The van der Waals surface area contributed by atoms with Gasteiger partial charge in [0.25, 0.3) is 0 Å². The SMILES string of the molecule is CC(C)[C@@H]1CC[C@@H](C)C[C@]1(O)CCO. The van der Waals surface area contributed by atoms with Crippen LogP contribution in [0.1, 0.15) is 46.5 Å². The van der Waals surface area contributed by atoms with Crippen molar-refractivity contribution in [1.29, 1.82) is 0 Å². The lowest BCUT2D eigenvalue weighted by Crippen LogP contribution is -2.46. The maximum atomic E-state index is 10.5. The van der Waals surface area contributed by atoms with Crippen molar-refractivity contribution in [2.45, 2.75) is 52.1 Å². The van der Waals surface area contributed by atoms with Gasteiger partial charge in [0.05, 0.1) is 5.60 Å². The molecule has 1 aliphatic carbocycles. The van der Waals surface area contributed by atoms with Gasteiger partial charge in [-0.05, 0) is 37.0 Å². The van der Waals surface area contributed by atoms with E-state index in [1.54, 1.807) is 0 Å². The van der Waals surface area contributed by atoms with E-state index in [0.717, 1.165) is 12.8 Å². The summed E-state index contributed by atoms with van der Waals surface area (Å²) in [5.41, 5.74) is -0.611. The van der Waals surface area contributed by atoms with Crippen LogP contribution in [0, 0.1) is 17.8 Å². The van der Waals surface area contributed by atoms with E-state index in [1.165, 1.54) is 6.42 Å². The zero-order valence-electron chi connectivity index (χ0n) is 9.66. The topological polar surface area (TPSA) is 40.5 Å². The van der Waals surface area contributed by atoms with Gasteiger partial charge in [0.1, 0.15) is 0 Å². The molecule has 0 radical (unpaired) electrons. The highest BCUT2D eigenvalue weighted by Gasteiger charge is 2.41. The monoisotopic (exact) mass is 200 g/mol. The minimum atomic E-state index is -0.611. The smallest absolute Gasteiger partial charge is 0.0702 e. The molecule has 0 saturated heterocycles. The fourth-order valence-electron chi connectivity index (χ4n) is 3.02. The van der Waals surface area contributed by atoms with Gasteiger partial charge < -0.3 is 10.2 Å². The molecule has 2 nitrogen and oxygen atoms in total. The lowest BCUT2D eigenvalue weighted by atomic mass is 9.66. The molecule has 0 unspecified atom stereocenters. The van der Waals surface area contributed by atoms with E-state index >= 15 is 0 Å². The molecule has 1 rings (SSSR count). The summed E-state index contributed by atoms with van der Waals surface area (Å²) in [4.78, 5) is 0. The average Bonchev–Trinajstić information content (AvgIpc) is 2.02. The summed E-state index contributed by atoms with van der Waals surface area (Å²) >= 11 is 0. The Kier molecular flexibility index (Phi) is 3.96. The number of hydrogen-bond donors (Lipinski definition) is 2. The lowest BCUT2D eigenvalue weighted by Gasteiger charge is -2.44. The molecule has 2 N–H and O–H groups in total. The third-order valence-corrected chi connectivity index (χ3v) is 3.71. The first-order chi connectivity index (χ1) is 6.49. The van der Waals surface area contributed by atoms with Crippen LogP contribution in [0.15, 0.2) is 0 Å². The Labute approximate surface area is 87.3 Å². The molecule has 0 spiro atoms. The predicted octanol–water partition coefficient (Wildman–Crippen LogP) is 2.19. The molecule has 84 valence electrons. The van der Waals surface area contributed by atoms with Gasteiger partial charge in [-0.15, -0.1) is 0 Å². The fourth-order valence-corrected chi connectivity index (χ4v) is 3.02. The molecule has 14 heavy (non-hydrogen) atoms. The number of aliphatic hydroxyl groups excluding tert-OH is 1. The maximum Gasteiger partial charge on any atom is 0.0702 e. The minimum Gasteiger partial charge on any atom is -0.396 e. The number of hydrogen-bond acceptors (Lipinski definition) is 2. The highest BCUT2D eigenvalue weighted by Crippen LogP contribution is 2.42. The van der Waals surface area contributed by atoms with Gasteiger partial charge in [0, 0.05) is 6.61 Å². The van der Waals surface area contributed by atoms with Crippen molar-refractivity contribution in [3.8, 4) is 0 Å². The number of aliphatic hydroxyl groups is 2. The summed E-state index contributed by atoms with van der Waals surface area (Å²) in [6.07, 6.45) is 3.72. The summed E-state index contributed by atoms with van der Waals surface area (Å²) in [7, 11) is 0. The summed E-state index contributed by atoms with van der Waals surface area (Å²) in [6, 6.07) is 0. The van der Waals surface area contributed by atoms with Gasteiger partial charge >= 0.3 is 0 Å². The zero-order chi connectivity index (χ0) is 10.8. The third kappa shape index (κ3) is 2.48. The van der Waals surface area contributed by atoms with Gasteiger partial charge in [0.15, 0.2) is 0 Å². The van der Waals surface area contributed by atoms with E-state index in [4.69, 9.17) is 5.11 Å². The van der Waals surface area contributed by atoms with Gasteiger partial charge in [-0.3, -0.25) is 0 Å². The van der Waals surface area contributed by atoms with Crippen molar-refractivity contribution in [2.75, 3.05) is 6.61 Å². The van der Waals surface area contributed by atoms with Crippen LogP contribution in [0.25, 0.3) is 0 Å². The van der Waals surface area contributed by atoms with Crippen LogP contribution in [0.5, 0.6) is 0 Å². The summed E-state index contributed by atoms with van der Waals surface area (Å²) in [6.45, 7) is 6.64. The van der Waals surface area contributed by atoms with Crippen LogP contribution >= 0.6 is 0 Å². The summed E-state index contributed by atoms with van der Waals surface area (Å²) < 4.78 is 0. The lowest BCUT2D eigenvalue weighted by molar-refractivity contribution is -0.0929. The zero-order valence-corrected chi connectivity index (χ0v) is 9.66. The molecule has 0 aromatic heterocycles. The van der Waals surface area contributed by atoms with Crippen LogP contribution in [0.3, 0.4) is 0 Å². The summed E-state index contributed by atoms with van der Waals surface area (Å²) in [5.74, 6) is 1.48. The Balaban J connectivity index is 2.72. The second-order valence-electron chi connectivity index (χ2n) is 5.31. The van der Waals surface area contributed by atoms with Crippen LogP contribution in [0.2, 0.25) is 0 Å². The largest absolute Gasteiger partial charge is 0.396 e. The normalized spacial score (nSPS) is 39.0. The number of rotatable bonds is 3. The Hall–Kier alpha value is -0.0800. The van der Waals surface area contributed by atoms with Crippen molar-refractivity contribution in [1.82, 2.24) is 0 Å². The van der Waals surface area contributed by atoms with Gasteiger partial charge in [-0.1, -0.05) is 27.2 Å². The second kappa shape index (κ2) is 4.63. The van der Waals surface area contributed by atoms with Gasteiger partial charge in [-0.25, -0.2) is 0 Å². The van der Waals surface area contributed by atoms with E-state index in [-0.39, 0.29) is 6.61 Å². The van der Waals surface area contributed by atoms with E-state index in [9.17, 15) is 5.11 Å². The van der Waals surface area contributed by atoms with Gasteiger partial charge in [-0.2, -0.15) is 0 Å². The molecular weight excluding hydrogens is 176 g/mol. The Morgan fingerprint density at radius 3 is 2.50 bits per heavy atom. The van der Waals surface area contributed by atoms with Crippen LogP contribution in [-0.4, -0.2) is 22.4 Å². The molecule has 0 amide bonds. The minimum absolute atomic E-state index is 0.104. The van der Waals surface area contributed by atoms with Crippen molar-refractivity contribution < 1.29 is 10.2 Å². The van der Waals surface area contributed by atoms with Crippen molar-refractivity contribution >= 4 is 0 Å². The molecule has 1 aliphatic rings. The van der Waals surface area contributed by atoms with E-state index in [0.29, 0.717) is 24.2 Å². The standard InChI is InChI=1S/C12H24O2/c1-9(2)11-5-4-10(3)8-12(11,14)6-7-13/h9-11,13-14H,4-8H2,1-3H3/t10-,11+,12-/m1/s1. The van der Waals surface area contributed by atoms with E-state index in [1.807, 2.05) is 0 Å². The van der Waals surface area contributed by atoms with E-state index in [2.05, 4.69) is 20.8 Å². The molecular formula is C12H24O2. The van der Waals surface area contributed by atoms with E-state index < -0.39 is 5.60 Å². The third-order valence-electron chi connectivity index (χ3n) is 3.71. The van der Waals surface area contributed by atoms with Crippen molar-refractivity contribution in [3.05, 3.63) is 0 Å². The first kappa shape index (κ1) is 12.0. The predicted molar refractivity (Wildman–Crippen MR) is 58.0 cm³/mol. The highest BCUT2D eigenvalue weighted by atomic mass is 16.3. The molecule has 2 heteroatoms. The average molecular weight is 200 g/mol. The quantitative estimate of drug-likeness (QED) is 0.733. The molecule has 0 bridgehead atoms. The van der Waals surface area contributed by atoms with Gasteiger partial charge in [0.2, 0.25) is 0 Å². The molecule has 0 heterocycles. The van der Waals surface area contributed by atoms with Crippen LogP contribution in [0.4, 0.5) is 0 Å². The summed E-state index contributed by atoms with van der Waals surface area (Å²) in [5, 5.41) is 19.5.